The van der Waals surface area contributed by atoms with Crippen molar-refractivity contribution in [3.05, 3.63) is 80.7 Å². The Balaban J connectivity index is 2.21. The van der Waals surface area contributed by atoms with Crippen molar-refractivity contribution in [3.8, 4) is 0 Å². The van der Waals surface area contributed by atoms with Crippen LogP contribution >= 0.6 is 11.6 Å². The molecule has 2 aromatic carbocycles. The number of amides is 1. The largest absolute Gasteiger partial charge is 0.370 e. The van der Waals surface area contributed by atoms with E-state index in [1.165, 1.54) is 10.8 Å². The maximum Gasteiger partial charge on any atom is 0.282 e. The number of pyridine rings is 1. The molecule has 0 saturated heterocycles. The molecule has 1 heterocycles. The van der Waals surface area contributed by atoms with Gasteiger partial charge < -0.3 is 16.0 Å². The normalized spacial score (nSPS) is 10.7. The lowest BCUT2D eigenvalue weighted by atomic mass is 10.0. The Hall–Kier alpha value is -3.12. The van der Waals surface area contributed by atoms with Crippen LogP contribution in [0.15, 0.2) is 58.4 Å². The molecule has 7 heteroatoms. The summed E-state index contributed by atoms with van der Waals surface area (Å²) in [6.45, 7) is 2.18. The fourth-order valence-corrected chi connectivity index (χ4v) is 2.88. The smallest absolute Gasteiger partial charge is 0.282 e. The molecule has 0 aliphatic carbocycles. The van der Waals surface area contributed by atoms with Crippen molar-refractivity contribution >= 4 is 34.2 Å². The molecule has 0 fully saturated rings. The number of aliphatic imine (C=N–C) groups is 1. The number of aromatic nitrogens is 1. The first-order valence-corrected chi connectivity index (χ1v) is 8.25. The number of carbonyl (C=O) groups excluding carboxylic acids is 1. The first-order valence-electron chi connectivity index (χ1n) is 7.87. The minimum absolute atomic E-state index is 0.198. The van der Waals surface area contributed by atoms with Gasteiger partial charge in [-0.1, -0.05) is 41.4 Å². The number of hydrogen-bond acceptors (Lipinski definition) is 2. The predicted octanol–water partition coefficient (Wildman–Crippen LogP) is 2.43. The van der Waals surface area contributed by atoms with Crippen LogP contribution in [0.3, 0.4) is 0 Å². The highest BCUT2D eigenvalue weighted by Gasteiger charge is 2.15. The second-order valence-electron chi connectivity index (χ2n) is 5.99. The average Bonchev–Trinajstić information content (AvgIpc) is 2.58. The van der Waals surface area contributed by atoms with Gasteiger partial charge in [0.2, 0.25) is 0 Å². The van der Waals surface area contributed by atoms with E-state index in [1.54, 1.807) is 24.3 Å². The SMILES string of the molecule is Cc1ccc2c(=O)n(Cc3ccc(Cl)cc3)cc(C(=O)N=C(N)N)c2c1. The van der Waals surface area contributed by atoms with E-state index < -0.39 is 5.91 Å². The Kier molecular flexibility index (Phi) is 4.77. The van der Waals surface area contributed by atoms with Gasteiger partial charge in [0.05, 0.1) is 12.1 Å². The Morgan fingerprint density at radius 2 is 1.81 bits per heavy atom. The monoisotopic (exact) mass is 368 g/mol. The molecule has 0 aliphatic rings. The maximum atomic E-state index is 12.8. The molecule has 0 bridgehead atoms. The number of halogens is 1. The first-order chi connectivity index (χ1) is 12.3. The zero-order valence-corrected chi connectivity index (χ0v) is 14.8. The van der Waals surface area contributed by atoms with E-state index in [0.717, 1.165) is 11.1 Å². The van der Waals surface area contributed by atoms with Crippen LogP contribution in [-0.2, 0) is 6.54 Å². The average molecular weight is 369 g/mol. The van der Waals surface area contributed by atoms with Crippen molar-refractivity contribution in [1.29, 1.82) is 0 Å². The Bertz CT molecular complexity index is 1080. The van der Waals surface area contributed by atoms with Crippen LogP contribution in [-0.4, -0.2) is 16.4 Å². The number of carbonyl (C=O) groups is 1. The van der Waals surface area contributed by atoms with E-state index in [-0.39, 0.29) is 17.1 Å². The molecule has 0 atom stereocenters. The summed E-state index contributed by atoms with van der Waals surface area (Å²) in [7, 11) is 0. The van der Waals surface area contributed by atoms with E-state index in [1.807, 2.05) is 25.1 Å². The van der Waals surface area contributed by atoms with Crippen LogP contribution in [0.2, 0.25) is 5.02 Å². The highest BCUT2D eigenvalue weighted by atomic mass is 35.5. The highest BCUT2D eigenvalue weighted by molar-refractivity contribution is 6.30. The van der Waals surface area contributed by atoms with Crippen molar-refractivity contribution in [2.24, 2.45) is 16.5 Å². The third-order valence-corrected chi connectivity index (χ3v) is 4.22. The summed E-state index contributed by atoms with van der Waals surface area (Å²) in [4.78, 5) is 28.9. The van der Waals surface area contributed by atoms with Crippen LogP contribution in [0.1, 0.15) is 21.5 Å². The maximum absolute atomic E-state index is 12.8. The van der Waals surface area contributed by atoms with Gasteiger partial charge in [-0.25, -0.2) is 0 Å². The van der Waals surface area contributed by atoms with Gasteiger partial charge in [-0.2, -0.15) is 4.99 Å². The molecule has 3 aromatic rings. The van der Waals surface area contributed by atoms with E-state index in [0.29, 0.717) is 22.3 Å². The van der Waals surface area contributed by atoms with E-state index in [4.69, 9.17) is 23.1 Å². The number of benzene rings is 2. The molecule has 0 spiro atoms. The van der Waals surface area contributed by atoms with Gasteiger partial charge in [-0.3, -0.25) is 9.59 Å². The van der Waals surface area contributed by atoms with Gasteiger partial charge >= 0.3 is 0 Å². The van der Waals surface area contributed by atoms with Gasteiger partial charge in [0, 0.05) is 22.0 Å². The third kappa shape index (κ3) is 3.60. The summed E-state index contributed by atoms with van der Waals surface area (Å²) in [5, 5.41) is 1.57. The molecule has 3 rings (SSSR count). The number of aryl methyl sites for hydroxylation is 1. The molecule has 0 unspecified atom stereocenters. The van der Waals surface area contributed by atoms with Crippen LogP contribution in [0, 0.1) is 6.92 Å². The molecule has 132 valence electrons. The Morgan fingerprint density at radius 1 is 1.12 bits per heavy atom. The van der Waals surface area contributed by atoms with Gasteiger partial charge in [-0.05, 0) is 30.7 Å². The second-order valence-corrected chi connectivity index (χ2v) is 6.43. The number of hydrogen-bond donors (Lipinski definition) is 2. The lowest BCUT2D eigenvalue weighted by Gasteiger charge is -2.11. The molecule has 4 N–H and O–H groups in total. The quantitative estimate of drug-likeness (QED) is 0.547. The Morgan fingerprint density at radius 3 is 2.46 bits per heavy atom. The lowest BCUT2D eigenvalue weighted by molar-refractivity contribution is 0.100. The molecule has 26 heavy (non-hydrogen) atoms. The van der Waals surface area contributed by atoms with E-state index in [9.17, 15) is 9.59 Å². The number of guanidine groups is 1. The third-order valence-electron chi connectivity index (χ3n) is 3.97. The number of fused-ring (bicyclic) bond motifs is 1. The fourth-order valence-electron chi connectivity index (χ4n) is 2.76. The molecule has 1 amide bonds. The van der Waals surface area contributed by atoms with Gasteiger partial charge in [0.1, 0.15) is 0 Å². The molecule has 0 aliphatic heterocycles. The zero-order valence-electron chi connectivity index (χ0n) is 14.1. The number of rotatable bonds is 3. The molecule has 1 aromatic heterocycles. The van der Waals surface area contributed by atoms with Gasteiger partial charge in [-0.15, -0.1) is 0 Å². The summed E-state index contributed by atoms with van der Waals surface area (Å²) in [6, 6.07) is 12.5. The van der Waals surface area contributed by atoms with Gasteiger partial charge in [0.25, 0.3) is 11.5 Å². The van der Waals surface area contributed by atoms with Crippen LogP contribution < -0.4 is 17.0 Å². The topological polar surface area (TPSA) is 103 Å². The fraction of sp³-hybridized carbons (Fsp3) is 0.105. The van der Waals surface area contributed by atoms with E-state index >= 15 is 0 Å². The molecule has 0 saturated carbocycles. The lowest BCUT2D eigenvalue weighted by Crippen LogP contribution is -2.26. The molecule has 0 radical (unpaired) electrons. The molecular weight excluding hydrogens is 352 g/mol. The zero-order chi connectivity index (χ0) is 18.8. The summed E-state index contributed by atoms with van der Waals surface area (Å²) in [5.74, 6) is -0.920. The van der Waals surface area contributed by atoms with Crippen molar-refractivity contribution in [1.82, 2.24) is 4.57 Å². The van der Waals surface area contributed by atoms with Gasteiger partial charge in [0.15, 0.2) is 5.96 Å². The van der Waals surface area contributed by atoms with E-state index in [2.05, 4.69) is 4.99 Å². The first kappa shape index (κ1) is 17.7. The van der Waals surface area contributed by atoms with Crippen LogP contribution in [0.25, 0.3) is 10.8 Å². The minimum atomic E-state index is -0.592. The van der Waals surface area contributed by atoms with Crippen LogP contribution in [0.4, 0.5) is 0 Å². The molecule has 6 nitrogen and oxygen atoms in total. The van der Waals surface area contributed by atoms with Crippen molar-refractivity contribution in [2.75, 3.05) is 0 Å². The summed E-state index contributed by atoms with van der Waals surface area (Å²) < 4.78 is 1.47. The summed E-state index contributed by atoms with van der Waals surface area (Å²) >= 11 is 5.90. The Labute approximate surface area is 154 Å². The summed E-state index contributed by atoms with van der Waals surface area (Å²) in [6.07, 6.45) is 1.49. The van der Waals surface area contributed by atoms with Crippen molar-refractivity contribution in [3.63, 3.8) is 0 Å². The number of nitrogens with two attached hydrogens (primary N) is 2. The summed E-state index contributed by atoms with van der Waals surface area (Å²) in [5.41, 5.74) is 12.5. The predicted molar refractivity (Wildman–Crippen MR) is 104 cm³/mol. The number of nitrogens with zero attached hydrogens (tertiary/aromatic N) is 2. The highest BCUT2D eigenvalue weighted by Crippen LogP contribution is 2.19. The molecular formula is C19H17ClN4O2. The van der Waals surface area contributed by atoms with Crippen molar-refractivity contribution < 1.29 is 4.79 Å². The standard InChI is InChI=1S/C19H17ClN4O2/c1-11-2-7-14-15(8-11)16(17(25)23-19(21)22)10-24(18(14)26)9-12-3-5-13(20)6-4-12/h2-8,10H,9H2,1H3,(H4,21,22,23,25). The minimum Gasteiger partial charge on any atom is -0.370 e. The second kappa shape index (κ2) is 7.01. The van der Waals surface area contributed by atoms with Crippen molar-refractivity contribution in [2.45, 2.75) is 13.5 Å². The van der Waals surface area contributed by atoms with Crippen LogP contribution in [0.5, 0.6) is 0 Å².